The Morgan fingerprint density at radius 1 is 1.33 bits per heavy atom. The zero-order chi connectivity index (χ0) is 13.4. The van der Waals surface area contributed by atoms with Crippen LogP contribution in [0.15, 0.2) is 4.52 Å². The quantitative estimate of drug-likeness (QED) is 0.734. The highest BCUT2D eigenvalue weighted by Gasteiger charge is 2.18. The first-order valence-electron chi connectivity index (χ1n) is 6.88. The Labute approximate surface area is 109 Å². The van der Waals surface area contributed by atoms with Crippen LogP contribution in [0, 0.1) is 0 Å². The highest BCUT2D eigenvalue weighted by molar-refractivity contribution is 4.93. The molecule has 104 valence electrons. The fourth-order valence-corrected chi connectivity index (χ4v) is 1.91. The van der Waals surface area contributed by atoms with Gasteiger partial charge in [-0.3, -0.25) is 0 Å². The van der Waals surface area contributed by atoms with E-state index < -0.39 is 0 Å². The molecular weight excluding hydrogens is 230 g/mol. The van der Waals surface area contributed by atoms with Gasteiger partial charge in [-0.25, -0.2) is 0 Å². The predicted molar refractivity (Wildman–Crippen MR) is 70.4 cm³/mol. The van der Waals surface area contributed by atoms with Crippen LogP contribution >= 0.6 is 0 Å². The molecule has 2 atom stereocenters. The third-order valence-corrected chi connectivity index (χ3v) is 2.72. The summed E-state index contributed by atoms with van der Waals surface area (Å²) in [5.41, 5.74) is 0. The molecule has 5 nitrogen and oxygen atoms in total. The van der Waals surface area contributed by atoms with Gasteiger partial charge in [0.2, 0.25) is 11.7 Å². The van der Waals surface area contributed by atoms with Crippen LogP contribution in [0.3, 0.4) is 0 Å². The predicted octanol–water partition coefficient (Wildman–Crippen LogP) is 2.49. The smallest absolute Gasteiger partial charge is 0.228 e. The first kappa shape index (κ1) is 15.1. The molecule has 0 aliphatic rings. The molecule has 0 amide bonds. The van der Waals surface area contributed by atoms with E-state index in [0.29, 0.717) is 24.4 Å². The molecule has 0 aliphatic heterocycles. The second-order valence-electron chi connectivity index (χ2n) is 4.44. The van der Waals surface area contributed by atoms with Crippen molar-refractivity contribution < 1.29 is 9.26 Å². The second-order valence-corrected chi connectivity index (χ2v) is 4.44. The molecule has 1 aromatic heterocycles. The first-order chi connectivity index (χ1) is 8.71. The fraction of sp³-hybridized carbons (Fsp3) is 0.846. The summed E-state index contributed by atoms with van der Waals surface area (Å²) in [6.45, 7) is 9.92. The fourth-order valence-electron chi connectivity index (χ4n) is 1.91. The monoisotopic (exact) mass is 255 g/mol. The lowest BCUT2D eigenvalue weighted by molar-refractivity contribution is 0.0478. The normalized spacial score (nSPS) is 14.7. The molecule has 1 heterocycles. The molecule has 0 fully saturated rings. The lowest BCUT2D eigenvalue weighted by atomic mass is 10.2. The van der Waals surface area contributed by atoms with Gasteiger partial charge in [0.1, 0.15) is 6.10 Å². The van der Waals surface area contributed by atoms with E-state index in [-0.39, 0.29) is 6.10 Å². The van der Waals surface area contributed by atoms with Gasteiger partial charge in [-0.2, -0.15) is 4.98 Å². The molecule has 18 heavy (non-hydrogen) atoms. The standard InChI is InChI=1S/C13H25N3O2/c1-5-8-11(17-7-3)13-15-12(18-16-13)9-10(4)14-6-2/h10-11,14H,5-9H2,1-4H3. The van der Waals surface area contributed by atoms with Crippen molar-refractivity contribution in [3.05, 3.63) is 11.7 Å². The van der Waals surface area contributed by atoms with Crippen molar-refractivity contribution in [2.45, 2.75) is 59.1 Å². The van der Waals surface area contributed by atoms with Gasteiger partial charge < -0.3 is 14.6 Å². The minimum absolute atomic E-state index is 0.0352. The number of nitrogens with one attached hydrogen (secondary N) is 1. The summed E-state index contributed by atoms with van der Waals surface area (Å²) in [5, 5.41) is 7.35. The summed E-state index contributed by atoms with van der Waals surface area (Å²) in [6, 6.07) is 0.347. The van der Waals surface area contributed by atoms with E-state index in [4.69, 9.17) is 9.26 Å². The minimum atomic E-state index is -0.0352. The van der Waals surface area contributed by atoms with E-state index in [1.807, 2.05) is 6.92 Å². The average molecular weight is 255 g/mol. The number of hydrogen-bond acceptors (Lipinski definition) is 5. The summed E-state index contributed by atoms with van der Waals surface area (Å²) in [6.07, 6.45) is 2.69. The zero-order valence-corrected chi connectivity index (χ0v) is 11.9. The minimum Gasteiger partial charge on any atom is -0.370 e. The Hall–Kier alpha value is -0.940. The molecule has 0 saturated carbocycles. The van der Waals surface area contributed by atoms with Crippen molar-refractivity contribution in [2.75, 3.05) is 13.2 Å². The largest absolute Gasteiger partial charge is 0.370 e. The van der Waals surface area contributed by atoms with Crippen LogP contribution in [0.5, 0.6) is 0 Å². The molecule has 1 rings (SSSR count). The second kappa shape index (κ2) is 8.21. The maximum atomic E-state index is 5.63. The Morgan fingerprint density at radius 2 is 2.11 bits per heavy atom. The molecule has 1 aromatic rings. The van der Waals surface area contributed by atoms with Crippen LogP contribution in [0.1, 0.15) is 58.4 Å². The number of nitrogens with zero attached hydrogens (tertiary/aromatic N) is 2. The van der Waals surface area contributed by atoms with E-state index in [2.05, 4.69) is 36.2 Å². The van der Waals surface area contributed by atoms with E-state index in [9.17, 15) is 0 Å². The van der Waals surface area contributed by atoms with Crippen molar-refractivity contribution in [2.24, 2.45) is 0 Å². The molecule has 0 aliphatic carbocycles. The number of hydrogen-bond donors (Lipinski definition) is 1. The zero-order valence-electron chi connectivity index (χ0n) is 11.9. The third kappa shape index (κ3) is 4.74. The van der Waals surface area contributed by atoms with Crippen molar-refractivity contribution in [1.82, 2.24) is 15.5 Å². The molecule has 5 heteroatoms. The molecule has 0 radical (unpaired) electrons. The highest BCUT2D eigenvalue weighted by Crippen LogP contribution is 2.20. The van der Waals surface area contributed by atoms with Crippen LogP contribution in [0.4, 0.5) is 0 Å². The van der Waals surface area contributed by atoms with E-state index in [1.165, 1.54) is 0 Å². The van der Waals surface area contributed by atoms with Crippen LogP contribution in [0.25, 0.3) is 0 Å². The van der Waals surface area contributed by atoms with Gasteiger partial charge in [-0.1, -0.05) is 25.4 Å². The summed E-state index contributed by atoms with van der Waals surface area (Å²) in [4.78, 5) is 4.43. The summed E-state index contributed by atoms with van der Waals surface area (Å²) >= 11 is 0. The van der Waals surface area contributed by atoms with Crippen molar-refractivity contribution in [3.8, 4) is 0 Å². The van der Waals surface area contributed by atoms with Crippen LogP contribution in [-0.4, -0.2) is 29.3 Å². The SMILES string of the molecule is CCCC(OCC)c1noc(CC(C)NCC)n1. The van der Waals surface area contributed by atoms with Gasteiger partial charge in [-0.05, 0) is 26.8 Å². The highest BCUT2D eigenvalue weighted by atomic mass is 16.5. The summed E-state index contributed by atoms with van der Waals surface area (Å²) < 4.78 is 10.9. The van der Waals surface area contributed by atoms with Crippen LogP contribution in [0.2, 0.25) is 0 Å². The topological polar surface area (TPSA) is 60.2 Å². The molecule has 0 spiro atoms. The van der Waals surface area contributed by atoms with Gasteiger partial charge >= 0.3 is 0 Å². The molecular formula is C13H25N3O2. The van der Waals surface area contributed by atoms with E-state index in [0.717, 1.165) is 25.8 Å². The average Bonchev–Trinajstić information content (AvgIpc) is 2.77. The Balaban J connectivity index is 2.59. The van der Waals surface area contributed by atoms with E-state index in [1.54, 1.807) is 0 Å². The molecule has 2 unspecified atom stereocenters. The first-order valence-corrected chi connectivity index (χ1v) is 6.88. The Bertz CT molecular complexity index is 322. The molecule has 1 N–H and O–H groups in total. The summed E-state index contributed by atoms with van der Waals surface area (Å²) in [5.74, 6) is 1.36. The van der Waals surface area contributed by atoms with Crippen molar-refractivity contribution >= 4 is 0 Å². The maximum absolute atomic E-state index is 5.63. The lowest BCUT2D eigenvalue weighted by Gasteiger charge is -2.11. The van der Waals surface area contributed by atoms with Crippen molar-refractivity contribution in [1.29, 1.82) is 0 Å². The number of rotatable bonds is 9. The van der Waals surface area contributed by atoms with E-state index >= 15 is 0 Å². The molecule has 0 aromatic carbocycles. The van der Waals surface area contributed by atoms with Gasteiger partial charge in [-0.15, -0.1) is 0 Å². The van der Waals surface area contributed by atoms with Crippen LogP contribution in [-0.2, 0) is 11.2 Å². The number of aromatic nitrogens is 2. The number of ether oxygens (including phenoxy) is 1. The maximum Gasteiger partial charge on any atom is 0.228 e. The number of likely N-dealkylation sites (N-methyl/N-ethyl adjacent to an activating group) is 1. The lowest BCUT2D eigenvalue weighted by Crippen LogP contribution is -2.27. The third-order valence-electron chi connectivity index (χ3n) is 2.72. The van der Waals surface area contributed by atoms with Crippen molar-refractivity contribution in [3.63, 3.8) is 0 Å². The Kier molecular flexibility index (Phi) is 6.90. The van der Waals surface area contributed by atoms with Gasteiger partial charge in [0.15, 0.2) is 0 Å². The molecule has 0 bridgehead atoms. The summed E-state index contributed by atoms with van der Waals surface area (Å²) in [7, 11) is 0. The van der Waals surface area contributed by atoms with Gasteiger partial charge in [0, 0.05) is 19.1 Å². The molecule has 0 saturated heterocycles. The Morgan fingerprint density at radius 3 is 2.72 bits per heavy atom. The van der Waals surface area contributed by atoms with Gasteiger partial charge in [0.05, 0.1) is 0 Å². The van der Waals surface area contributed by atoms with Crippen LogP contribution < -0.4 is 5.32 Å². The van der Waals surface area contributed by atoms with Gasteiger partial charge in [0.25, 0.3) is 0 Å².